The molecule has 3 rings (SSSR count). The minimum absolute atomic E-state index is 0.0666. The van der Waals surface area contributed by atoms with Crippen molar-refractivity contribution in [2.24, 2.45) is 16.9 Å². The lowest BCUT2D eigenvalue weighted by Gasteiger charge is -2.25. The lowest BCUT2D eigenvalue weighted by atomic mass is 9.78. The molecule has 1 aliphatic heterocycles. The summed E-state index contributed by atoms with van der Waals surface area (Å²) in [6, 6.07) is 8.41. The molecule has 0 radical (unpaired) electrons. The molecule has 1 heterocycles. The summed E-state index contributed by atoms with van der Waals surface area (Å²) in [5.41, 5.74) is 8.91. The zero-order chi connectivity index (χ0) is 12.5. The third-order valence-electron chi connectivity index (χ3n) is 3.77. The standard InChI is InChI=1S/C13H16N4O/c14-15-12(18)7-11-10-6-5-8-3-1-2-4-9(8)13(10)17-16-11/h1-4,10-11,16H,5-7,14H2,(H,15,18). The van der Waals surface area contributed by atoms with E-state index in [4.69, 9.17) is 5.84 Å². The van der Waals surface area contributed by atoms with Crippen molar-refractivity contribution in [1.82, 2.24) is 10.9 Å². The first-order chi connectivity index (χ1) is 8.79. The Kier molecular flexibility index (Phi) is 2.76. The molecule has 1 aliphatic carbocycles. The number of nitrogens with zero attached hydrogens (tertiary/aromatic N) is 1. The number of hydrazone groups is 1. The molecule has 94 valence electrons. The van der Waals surface area contributed by atoms with Gasteiger partial charge in [-0.15, -0.1) is 0 Å². The van der Waals surface area contributed by atoms with Gasteiger partial charge in [0.05, 0.1) is 18.2 Å². The van der Waals surface area contributed by atoms with Crippen LogP contribution in [0.2, 0.25) is 0 Å². The first kappa shape index (κ1) is 11.2. The third kappa shape index (κ3) is 1.76. The summed E-state index contributed by atoms with van der Waals surface area (Å²) in [7, 11) is 0. The van der Waals surface area contributed by atoms with Gasteiger partial charge in [-0.05, 0) is 18.4 Å². The number of nitrogens with two attached hydrogens (primary N) is 1. The molecular formula is C13H16N4O. The first-order valence-electron chi connectivity index (χ1n) is 6.20. The Hall–Kier alpha value is -1.88. The van der Waals surface area contributed by atoms with Crippen molar-refractivity contribution in [2.75, 3.05) is 0 Å². The average Bonchev–Trinajstić information content (AvgIpc) is 2.82. The third-order valence-corrected chi connectivity index (χ3v) is 3.77. The summed E-state index contributed by atoms with van der Waals surface area (Å²) in [4.78, 5) is 11.4. The van der Waals surface area contributed by atoms with Crippen molar-refractivity contribution >= 4 is 11.6 Å². The predicted molar refractivity (Wildman–Crippen MR) is 68.7 cm³/mol. The van der Waals surface area contributed by atoms with Gasteiger partial charge in [0, 0.05) is 11.5 Å². The van der Waals surface area contributed by atoms with E-state index in [1.54, 1.807) is 0 Å². The quantitative estimate of drug-likeness (QED) is 0.398. The summed E-state index contributed by atoms with van der Waals surface area (Å²) in [5.74, 6) is 5.30. The van der Waals surface area contributed by atoms with E-state index in [1.807, 2.05) is 6.07 Å². The molecule has 1 aromatic carbocycles. The predicted octanol–water partition coefficient (Wildman–Crippen LogP) is 0.305. The van der Waals surface area contributed by atoms with Gasteiger partial charge in [-0.25, -0.2) is 5.84 Å². The van der Waals surface area contributed by atoms with Crippen LogP contribution >= 0.6 is 0 Å². The van der Waals surface area contributed by atoms with Crippen molar-refractivity contribution in [1.29, 1.82) is 0 Å². The molecule has 0 saturated carbocycles. The summed E-state index contributed by atoms with van der Waals surface area (Å²) < 4.78 is 0. The summed E-state index contributed by atoms with van der Waals surface area (Å²) in [6.07, 6.45) is 2.45. The molecule has 5 nitrogen and oxygen atoms in total. The largest absolute Gasteiger partial charge is 0.306 e. The monoisotopic (exact) mass is 244 g/mol. The summed E-state index contributed by atoms with van der Waals surface area (Å²) >= 11 is 0. The number of benzene rings is 1. The van der Waals surface area contributed by atoms with Crippen LogP contribution in [0.3, 0.4) is 0 Å². The van der Waals surface area contributed by atoms with Crippen molar-refractivity contribution in [3.05, 3.63) is 35.4 Å². The zero-order valence-corrected chi connectivity index (χ0v) is 10.0. The highest BCUT2D eigenvalue weighted by atomic mass is 16.2. The molecule has 0 saturated heterocycles. The highest BCUT2D eigenvalue weighted by Gasteiger charge is 2.36. The van der Waals surface area contributed by atoms with E-state index in [-0.39, 0.29) is 11.9 Å². The normalized spacial score (nSPS) is 24.6. The van der Waals surface area contributed by atoms with Crippen LogP contribution < -0.4 is 16.7 Å². The fourth-order valence-electron chi connectivity index (χ4n) is 2.86. The van der Waals surface area contributed by atoms with Crippen LogP contribution in [0.25, 0.3) is 0 Å². The number of nitrogens with one attached hydrogen (secondary N) is 2. The molecule has 2 aliphatic rings. The maximum Gasteiger partial charge on any atom is 0.236 e. The van der Waals surface area contributed by atoms with Gasteiger partial charge in [0.25, 0.3) is 0 Å². The molecule has 0 fully saturated rings. The van der Waals surface area contributed by atoms with Crippen molar-refractivity contribution in [3.63, 3.8) is 0 Å². The molecule has 4 N–H and O–H groups in total. The number of carbonyl (C=O) groups is 1. The van der Waals surface area contributed by atoms with Gasteiger partial charge in [-0.3, -0.25) is 10.2 Å². The number of hydrazine groups is 1. The van der Waals surface area contributed by atoms with E-state index in [0.29, 0.717) is 12.3 Å². The Morgan fingerprint density at radius 3 is 3.17 bits per heavy atom. The Morgan fingerprint density at radius 2 is 2.33 bits per heavy atom. The first-order valence-corrected chi connectivity index (χ1v) is 6.20. The topological polar surface area (TPSA) is 79.5 Å². The SMILES string of the molecule is NNC(=O)CC1NN=C2c3ccccc3CCC21. The smallest absolute Gasteiger partial charge is 0.236 e. The Bertz CT molecular complexity index is 511. The Labute approximate surface area is 105 Å². The highest BCUT2D eigenvalue weighted by molar-refractivity contribution is 6.05. The van der Waals surface area contributed by atoms with Gasteiger partial charge in [0.1, 0.15) is 0 Å². The summed E-state index contributed by atoms with van der Waals surface area (Å²) in [6.45, 7) is 0. The fraction of sp³-hybridized carbons (Fsp3) is 0.385. The van der Waals surface area contributed by atoms with Gasteiger partial charge in [-0.1, -0.05) is 24.3 Å². The van der Waals surface area contributed by atoms with Crippen LogP contribution in [-0.4, -0.2) is 17.7 Å². The average molecular weight is 244 g/mol. The van der Waals surface area contributed by atoms with Gasteiger partial charge < -0.3 is 5.43 Å². The molecule has 18 heavy (non-hydrogen) atoms. The minimum Gasteiger partial charge on any atom is -0.306 e. The van der Waals surface area contributed by atoms with E-state index in [2.05, 4.69) is 34.2 Å². The van der Waals surface area contributed by atoms with E-state index < -0.39 is 0 Å². The summed E-state index contributed by atoms with van der Waals surface area (Å²) in [5, 5.41) is 4.41. The number of rotatable bonds is 2. The van der Waals surface area contributed by atoms with E-state index in [9.17, 15) is 4.79 Å². The van der Waals surface area contributed by atoms with Gasteiger partial charge in [0.15, 0.2) is 0 Å². The van der Waals surface area contributed by atoms with Crippen LogP contribution in [0, 0.1) is 5.92 Å². The molecule has 0 spiro atoms. The van der Waals surface area contributed by atoms with Crippen molar-refractivity contribution in [2.45, 2.75) is 25.3 Å². The van der Waals surface area contributed by atoms with Crippen molar-refractivity contribution in [3.8, 4) is 0 Å². The van der Waals surface area contributed by atoms with E-state index in [0.717, 1.165) is 18.6 Å². The minimum atomic E-state index is -0.150. The van der Waals surface area contributed by atoms with Crippen molar-refractivity contribution < 1.29 is 4.79 Å². The van der Waals surface area contributed by atoms with Gasteiger partial charge in [-0.2, -0.15) is 5.10 Å². The fourth-order valence-corrected chi connectivity index (χ4v) is 2.86. The van der Waals surface area contributed by atoms with Crippen LogP contribution in [0.1, 0.15) is 24.0 Å². The van der Waals surface area contributed by atoms with E-state index in [1.165, 1.54) is 11.1 Å². The second-order valence-electron chi connectivity index (χ2n) is 4.81. The number of hydrogen-bond donors (Lipinski definition) is 3. The lowest BCUT2D eigenvalue weighted by Crippen LogP contribution is -2.39. The highest BCUT2D eigenvalue weighted by Crippen LogP contribution is 2.32. The van der Waals surface area contributed by atoms with Crippen LogP contribution in [0.5, 0.6) is 0 Å². The molecule has 2 atom stereocenters. The molecule has 1 aromatic rings. The molecule has 1 amide bonds. The molecular weight excluding hydrogens is 228 g/mol. The zero-order valence-electron chi connectivity index (χ0n) is 10.0. The number of aryl methyl sites for hydroxylation is 1. The van der Waals surface area contributed by atoms with Crippen LogP contribution in [0.4, 0.5) is 0 Å². The number of amides is 1. The van der Waals surface area contributed by atoms with E-state index >= 15 is 0 Å². The molecule has 5 heteroatoms. The Morgan fingerprint density at radius 1 is 1.50 bits per heavy atom. The van der Waals surface area contributed by atoms with Crippen LogP contribution in [-0.2, 0) is 11.2 Å². The number of hydrogen-bond acceptors (Lipinski definition) is 4. The van der Waals surface area contributed by atoms with Crippen LogP contribution in [0.15, 0.2) is 29.4 Å². The lowest BCUT2D eigenvalue weighted by molar-refractivity contribution is -0.121. The second kappa shape index (κ2) is 4.42. The Balaban J connectivity index is 1.83. The molecule has 0 bridgehead atoms. The molecule has 0 aromatic heterocycles. The van der Waals surface area contributed by atoms with Gasteiger partial charge >= 0.3 is 0 Å². The maximum atomic E-state index is 11.4. The molecule has 2 unspecified atom stereocenters. The number of carbonyl (C=O) groups excluding carboxylic acids is 1. The van der Waals surface area contributed by atoms with Gasteiger partial charge in [0.2, 0.25) is 5.91 Å². The second-order valence-corrected chi connectivity index (χ2v) is 4.81. The number of fused-ring (bicyclic) bond motifs is 3. The maximum absolute atomic E-state index is 11.4.